The van der Waals surface area contributed by atoms with E-state index in [1.807, 2.05) is 6.92 Å². The maximum absolute atomic E-state index is 13.2. The Morgan fingerprint density at radius 2 is 2.20 bits per heavy atom. The lowest BCUT2D eigenvalue weighted by Crippen LogP contribution is -2.13. The van der Waals surface area contributed by atoms with Gasteiger partial charge in [-0.2, -0.15) is 0 Å². The van der Waals surface area contributed by atoms with E-state index in [9.17, 15) is 9.50 Å². The van der Waals surface area contributed by atoms with Crippen molar-refractivity contribution in [2.45, 2.75) is 38.8 Å². The first-order chi connectivity index (χ1) is 9.56. The van der Waals surface area contributed by atoms with Crippen molar-refractivity contribution in [3.63, 3.8) is 0 Å². The van der Waals surface area contributed by atoms with Gasteiger partial charge in [0.15, 0.2) is 0 Å². The second-order valence-corrected chi connectivity index (χ2v) is 5.84. The van der Waals surface area contributed by atoms with Crippen LogP contribution in [0, 0.1) is 12.7 Å². The molecule has 0 aliphatic heterocycles. The molecule has 1 aliphatic rings. The minimum atomic E-state index is -0.392. The Kier molecular flexibility index (Phi) is 3.57. The van der Waals surface area contributed by atoms with Crippen LogP contribution in [0.4, 0.5) is 4.39 Å². The first-order valence-electron chi connectivity index (χ1n) is 6.87. The predicted molar refractivity (Wildman–Crippen MR) is 77.6 cm³/mol. The number of aliphatic hydroxyl groups excluding tert-OH is 1. The molecule has 1 aromatic carbocycles. The lowest BCUT2D eigenvalue weighted by Gasteiger charge is -2.20. The summed E-state index contributed by atoms with van der Waals surface area (Å²) in [5.74, 6) is -0.392. The molecule has 106 valence electrons. The first kappa shape index (κ1) is 13.7. The summed E-state index contributed by atoms with van der Waals surface area (Å²) in [6.07, 6.45) is 2.46. The molecular formula is C16H17ClFNO. The van der Waals surface area contributed by atoms with Crippen LogP contribution in [0.5, 0.6) is 0 Å². The summed E-state index contributed by atoms with van der Waals surface area (Å²) in [5, 5.41) is 10.2. The van der Waals surface area contributed by atoms with Crippen LogP contribution in [-0.4, -0.2) is 9.67 Å². The summed E-state index contributed by atoms with van der Waals surface area (Å²) in [5.41, 5.74) is 4.33. The fourth-order valence-electron chi connectivity index (χ4n) is 2.98. The molecule has 3 rings (SSSR count). The monoisotopic (exact) mass is 293 g/mol. The van der Waals surface area contributed by atoms with Crippen LogP contribution in [0.1, 0.15) is 41.5 Å². The van der Waals surface area contributed by atoms with Crippen molar-refractivity contribution in [3.8, 4) is 0 Å². The van der Waals surface area contributed by atoms with Gasteiger partial charge in [0, 0.05) is 23.5 Å². The first-order valence-corrected chi connectivity index (χ1v) is 7.25. The molecule has 0 bridgehead atoms. The van der Waals surface area contributed by atoms with Gasteiger partial charge in [-0.15, -0.1) is 0 Å². The molecule has 1 unspecified atom stereocenters. The highest BCUT2D eigenvalue weighted by Gasteiger charge is 2.23. The highest BCUT2D eigenvalue weighted by molar-refractivity contribution is 6.30. The standard InChI is InChI=1S/C16H17ClFNO/c1-10-7-12-15(3-2-4-16(12)20)19(10)9-11-5-6-14(18)13(17)8-11/h5-8,16,20H,2-4,9H2,1H3. The van der Waals surface area contributed by atoms with Gasteiger partial charge in [0.25, 0.3) is 0 Å². The van der Waals surface area contributed by atoms with Crippen molar-refractivity contribution in [2.75, 3.05) is 0 Å². The number of hydrogen-bond donors (Lipinski definition) is 1. The van der Waals surface area contributed by atoms with Crippen LogP contribution in [0.25, 0.3) is 0 Å². The summed E-state index contributed by atoms with van der Waals surface area (Å²) in [6.45, 7) is 2.70. The fraction of sp³-hybridized carbons (Fsp3) is 0.375. The van der Waals surface area contributed by atoms with Crippen LogP contribution in [-0.2, 0) is 13.0 Å². The number of rotatable bonds is 2. The second-order valence-electron chi connectivity index (χ2n) is 5.43. The maximum atomic E-state index is 13.2. The molecule has 0 saturated carbocycles. The molecule has 1 N–H and O–H groups in total. The molecule has 0 saturated heterocycles. The van der Waals surface area contributed by atoms with Crippen LogP contribution in [0.3, 0.4) is 0 Å². The molecule has 1 atom stereocenters. The second kappa shape index (κ2) is 5.23. The average Bonchev–Trinajstić information content (AvgIpc) is 2.73. The Hall–Kier alpha value is -1.32. The van der Waals surface area contributed by atoms with Gasteiger partial charge in [0.05, 0.1) is 11.1 Å². The summed E-state index contributed by atoms with van der Waals surface area (Å²) in [4.78, 5) is 0. The van der Waals surface area contributed by atoms with Gasteiger partial charge in [0.2, 0.25) is 0 Å². The third-order valence-corrected chi connectivity index (χ3v) is 4.31. The molecule has 0 fully saturated rings. The zero-order chi connectivity index (χ0) is 14.3. The highest BCUT2D eigenvalue weighted by Crippen LogP contribution is 2.32. The van der Waals surface area contributed by atoms with Gasteiger partial charge in [-0.05, 0) is 49.9 Å². The van der Waals surface area contributed by atoms with Crippen molar-refractivity contribution in [1.29, 1.82) is 0 Å². The van der Waals surface area contributed by atoms with E-state index in [0.717, 1.165) is 36.1 Å². The molecular weight excluding hydrogens is 277 g/mol. The number of hydrogen-bond acceptors (Lipinski definition) is 1. The van der Waals surface area contributed by atoms with Crippen LogP contribution in [0.15, 0.2) is 24.3 Å². The Morgan fingerprint density at radius 1 is 1.40 bits per heavy atom. The predicted octanol–water partition coefficient (Wildman–Crippen LogP) is 4.01. The smallest absolute Gasteiger partial charge is 0.141 e. The number of aromatic nitrogens is 1. The molecule has 0 radical (unpaired) electrons. The van der Waals surface area contributed by atoms with Crippen molar-refractivity contribution in [3.05, 3.63) is 57.6 Å². The summed E-state index contributed by atoms with van der Waals surface area (Å²) in [7, 11) is 0. The zero-order valence-electron chi connectivity index (χ0n) is 11.4. The van der Waals surface area contributed by atoms with E-state index in [2.05, 4.69) is 10.6 Å². The molecule has 0 spiro atoms. The molecule has 0 amide bonds. The van der Waals surface area contributed by atoms with E-state index >= 15 is 0 Å². The molecule has 1 aliphatic carbocycles. The van der Waals surface area contributed by atoms with E-state index in [1.165, 1.54) is 11.8 Å². The largest absolute Gasteiger partial charge is 0.388 e. The van der Waals surface area contributed by atoms with E-state index in [0.29, 0.717) is 6.54 Å². The zero-order valence-corrected chi connectivity index (χ0v) is 12.1. The number of fused-ring (bicyclic) bond motifs is 1. The van der Waals surface area contributed by atoms with Gasteiger partial charge in [0.1, 0.15) is 5.82 Å². The lowest BCUT2D eigenvalue weighted by atomic mass is 9.95. The Morgan fingerprint density at radius 3 is 2.95 bits per heavy atom. The minimum Gasteiger partial charge on any atom is -0.388 e. The van der Waals surface area contributed by atoms with E-state index in [-0.39, 0.29) is 11.1 Å². The van der Waals surface area contributed by atoms with Gasteiger partial charge >= 0.3 is 0 Å². The summed E-state index contributed by atoms with van der Waals surface area (Å²) < 4.78 is 15.4. The average molecular weight is 294 g/mol. The van der Waals surface area contributed by atoms with Gasteiger partial charge in [-0.3, -0.25) is 0 Å². The molecule has 20 heavy (non-hydrogen) atoms. The molecule has 2 aromatic rings. The van der Waals surface area contributed by atoms with Crippen LogP contribution < -0.4 is 0 Å². The van der Waals surface area contributed by atoms with Gasteiger partial charge in [-0.1, -0.05) is 17.7 Å². The quantitative estimate of drug-likeness (QED) is 0.889. The van der Waals surface area contributed by atoms with E-state index in [4.69, 9.17) is 11.6 Å². The highest BCUT2D eigenvalue weighted by atomic mass is 35.5. The Balaban J connectivity index is 1.96. The number of halogens is 2. The maximum Gasteiger partial charge on any atom is 0.141 e. The van der Waals surface area contributed by atoms with Crippen molar-refractivity contribution in [1.82, 2.24) is 4.57 Å². The van der Waals surface area contributed by atoms with Gasteiger partial charge < -0.3 is 9.67 Å². The Labute approximate surface area is 122 Å². The van der Waals surface area contributed by atoms with Crippen LogP contribution >= 0.6 is 11.6 Å². The normalized spacial score (nSPS) is 18.1. The third kappa shape index (κ3) is 2.36. The number of benzene rings is 1. The minimum absolute atomic E-state index is 0.154. The molecule has 2 nitrogen and oxygen atoms in total. The van der Waals surface area contributed by atoms with Crippen LogP contribution in [0.2, 0.25) is 5.02 Å². The third-order valence-electron chi connectivity index (χ3n) is 4.02. The van der Waals surface area contributed by atoms with Crippen molar-refractivity contribution >= 4 is 11.6 Å². The van der Waals surface area contributed by atoms with Crippen molar-refractivity contribution in [2.24, 2.45) is 0 Å². The number of nitrogens with zero attached hydrogens (tertiary/aromatic N) is 1. The molecule has 1 aromatic heterocycles. The number of aliphatic hydroxyl groups is 1. The summed E-state index contributed by atoms with van der Waals surface area (Å²) in [6, 6.07) is 6.89. The molecule has 4 heteroatoms. The fourth-order valence-corrected chi connectivity index (χ4v) is 3.18. The summed E-state index contributed by atoms with van der Waals surface area (Å²) >= 11 is 5.84. The van der Waals surface area contributed by atoms with Crippen molar-refractivity contribution < 1.29 is 9.50 Å². The van der Waals surface area contributed by atoms with E-state index < -0.39 is 5.82 Å². The SMILES string of the molecule is Cc1cc2c(n1Cc1ccc(F)c(Cl)c1)CCCC2O. The van der Waals surface area contributed by atoms with Gasteiger partial charge in [-0.25, -0.2) is 4.39 Å². The topological polar surface area (TPSA) is 25.2 Å². The van der Waals surface area contributed by atoms with E-state index in [1.54, 1.807) is 12.1 Å². The lowest BCUT2D eigenvalue weighted by molar-refractivity contribution is 0.156. The number of aryl methyl sites for hydroxylation is 1. The Bertz CT molecular complexity index is 650. The molecule has 1 heterocycles.